The summed E-state index contributed by atoms with van der Waals surface area (Å²) in [7, 11) is 7.93. The molecule has 16 heteroatoms. The van der Waals surface area contributed by atoms with E-state index in [1.807, 2.05) is 0 Å². The molecule has 1 aliphatic heterocycles. The average molecular weight is 475 g/mol. The number of hydrogen-bond donors (Lipinski definition) is 4. The summed E-state index contributed by atoms with van der Waals surface area (Å²) in [4.78, 5) is 61.1. The third-order valence-electron chi connectivity index (χ3n) is 5.49. The average Bonchev–Trinajstić information content (AvgIpc) is 3.40. The maximum atomic E-state index is 12.9. The van der Waals surface area contributed by atoms with Crippen LogP contribution in [0, 0.1) is 0 Å². The molecule has 0 bridgehead atoms. The first-order valence-electron chi connectivity index (χ1n) is 10.4. The smallest absolute Gasteiger partial charge is 0.326 e. The maximum Gasteiger partial charge on any atom is 0.326 e. The minimum absolute atomic E-state index is 0.0167. The molecule has 34 heavy (non-hydrogen) atoms. The Morgan fingerprint density at radius 2 is 1.97 bits per heavy atom. The van der Waals surface area contributed by atoms with Crippen LogP contribution in [0.2, 0.25) is 0 Å². The number of carbonyl (C=O) groups excluding carboxylic acids is 2. The van der Waals surface area contributed by atoms with Crippen molar-refractivity contribution in [2.45, 2.75) is 50.4 Å². The van der Waals surface area contributed by atoms with Crippen LogP contribution in [-0.2, 0) is 24.0 Å². The first-order valence-corrected chi connectivity index (χ1v) is 10.4. The summed E-state index contributed by atoms with van der Waals surface area (Å²) in [5, 5.41) is 38.7. The van der Waals surface area contributed by atoms with Crippen LogP contribution in [0.3, 0.4) is 0 Å². The van der Waals surface area contributed by atoms with E-state index < -0.39 is 48.0 Å². The van der Waals surface area contributed by atoms with Crippen molar-refractivity contribution in [3.63, 3.8) is 0 Å². The van der Waals surface area contributed by atoms with E-state index in [4.69, 9.17) is 12.8 Å². The fourth-order valence-electron chi connectivity index (χ4n) is 3.86. The Labute approximate surface area is 196 Å². The van der Waals surface area contributed by atoms with Gasteiger partial charge in [0.25, 0.3) is 0 Å². The van der Waals surface area contributed by atoms with Crippen LogP contribution in [0.4, 0.5) is 0 Å². The fourth-order valence-corrected chi connectivity index (χ4v) is 3.86. The van der Waals surface area contributed by atoms with E-state index in [2.05, 4.69) is 15.6 Å². The first kappa shape index (κ1) is 27.0. The van der Waals surface area contributed by atoms with Crippen molar-refractivity contribution in [1.29, 1.82) is 0 Å². The lowest BCUT2D eigenvalue weighted by atomic mass is 9.64. The maximum absolute atomic E-state index is 12.9. The summed E-state index contributed by atoms with van der Waals surface area (Å²) in [5.41, 5.74) is -0.0262. The lowest BCUT2D eigenvalue weighted by molar-refractivity contribution is -0.149. The number of rotatable bonds is 13. The van der Waals surface area contributed by atoms with E-state index in [0.717, 1.165) is 17.0 Å². The van der Waals surface area contributed by atoms with Crippen LogP contribution in [0.15, 0.2) is 6.20 Å². The highest BCUT2D eigenvalue weighted by atomic mass is 16.4. The largest absolute Gasteiger partial charge is 0.481 e. The molecule has 14 nitrogen and oxygen atoms in total. The fraction of sp³-hybridized carbons (Fsp3) is 0.611. The summed E-state index contributed by atoms with van der Waals surface area (Å²) >= 11 is 0. The van der Waals surface area contributed by atoms with Crippen molar-refractivity contribution in [2.75, 3.05) is 20.1 Å². The molecule has 4 N–H and O–H groups in total. The van der Waals surface area contributed by atoms with Crippen molar-refractivity contribution < 1.29 is 39.3 Å². The molecule has 1 fully saturated rings. The number of likely N-dealkylation sites (tertiary alicyclic amines) is 1. The second-order valence-electron chi connectivity index (χ2n) is 7.90. The second kappa shape index (κ2) is 11.7. The summed E-state index contributed by atoms with van der Waals surface area (Å²) in [6, 6.07) is -4.10. The van der Waals surface area contributed by atoms with Crippen molar-refractivity contribution in [3.05, 3.63) is 11.9 Å². The van der Waals surface area contributed by atoms with Gasteiger partial charge in [0.15, 0.2) is 7.31 Å². The molecule has 1 saturated heterocycles. The van der Waals surface area contributed by atoms with Gasteiger partial charge in [0.05, 0.1) is 18.3 Å². The van der Waals surface area contributed by atoms with E-state index in [9.17, 15) is 34.2 Å². The van der Waals surface area contributed by atoms with Gasteiger partial charge in [-0.15, -0.1) is 5.10 Å². The Bertz CT molecular complexity index is 943. The van der Waals surface area contributed by atoms with Gasteiger partial charge in [-0.05, 0) is 20.4 Å². The van der Waals surface area contributed by atoms with Gasteiger partial charge in [0.2, 0.25) is 5.91 Å². The number of carbonyl (C=O) groups is 5. The Hall–Kier alpha value is -3.26. The Kier molecular flexibility index (Phi) is 9.32. The zero-order valence-corrected chi connectivity index (χ0v) is 18.7. The number of likely N-dealkylation sites (N-methyl/N-ethyl adjacent to an activating group) is 1. The molecule has 0 aromatic carbocycles. The van der Waals surface area contributed by atoms with Gasteiger partial charge in [-0.25, -0.2) is 9.48 Å². The zero-order chi connectivity index (χ0) is 25.6. The molecular formula is C18H25B2N6O8. The number of Topliss-reactive ketones (excluding diaryl/α,β-unsaturated/α-hetero) is 1. The van der Waals surface area contributed by atoms with Crippen LogP contribution in [0.1, 0.15) is 44.0 Å². The first-order chi connectivity index (χ1) is 16.0. The summed E-state index contributed by atoms with van der Waals surface area (Å²) in [6.45, 7) is 0.952. The highest BCUT2D eigenvalue weighted by Gasteiger charge is 2.43. The van der Waals surface area contributed by atoms with Gasteiger partial charge in [0.1, 0.15) is 23.6 Å². The number of aliphatic carboxylic acids is 3. The molecule has 4 unspecified atom stereocenters. The standard InChI is InChI=1S/C18H25B2N6O8/c1-9(27)6-25(20-19)15(18(33)34)12-8-26(23-22-12)10-5-13(17(31)32)24(7-10)16(30)11(21-2)3-4-14(28)29/h8,10-11,13,15,21H,3-7H2,1-2H3,(H,28,29)(H,31,32)(H,33,34). The quantitative estimate of drug-likeness (QED) is 0.223. The van der Waals surface area contributed by atoms with E-state index in [1.165, 1.54) is 24.9 Å². The van der Waals surface area contributed by atoms with Crippen molar-refractivity contribution >= 4 is 44.6 Å². The summed E-state index contributed by atoms with van der Waals surface area (Å²) in [6.07, 6.45) is 1.00. The molecule has 2 rings (SSSR count). The van der Waals surface area contributed by atoms with Crippen LogP contribution in [0.25, 0.3) is 0 Å². The molecule has 3 radical (unpaired) electrons. The highest BCUT2D eigenvalue weighted by Crippen LogP contribution is 2.29. The predicted octanol–water partition coefficient (Wildman–Crippen LogP) is -2.32. The predicted molar refractivity (Wildman–Crippen MR) is 116 cm³/mol. The minimum atomic E-state index is -1.40. The number of nitrogens with zero attached hydrogens (tertiary/aromatic N) is 5. The van der Waals surface area contributed by atoms with E-state index >= 15 is 0 Å². The third-order valence-corrected chi connectivity index (χ3v) is 5.49. The number of nitrogens with one attached hydrogen (secondary N) is 1. The van der Waals surface area contributed by atoms with Crippen LogP contribution >= 0.6 is 0 Å². The molecule has 0 aliphatic carbocycles. The van der Waals surface area contributed by atoms with E-state index in [-0.39, 0.29) is 43.8 Å². The summed E-state index contributed by atoms with van der Waals surface area (Å²) in [5.74, 6) is -4.53. The van der Waals surface area contributed by atoms with Crippen LogP contribution < -0.4 is 5.32 Å². The number of carboxylic acid groups (broad SMARTS) is 3. The zero-order valence-electron chi connectivity index (χ0n) is 18.7. The molecule has 1 aromatic heterocycles. The van der Waals surface area contributed by atoms with Crippen molar-refractivity contribution in [1.82, 2.24) is 30.0 Å². The molecule has 4 atom stereocenters. The Balaban J connectivity index is 2.26. The molecule has 0 saturated carbocycles. The SMILES string of the molecule is [B][B]N(CC(C)=O)C(C(=O)O)c1cn(C2CC(C(=O)O)N(C(=O)C(CCC(=O)O)NC)C2)nn1. The van der Waals surface area contributed by atoms with Gasteiger partial charge < -0.3 is 30.3 Å². The number of amides is 1. The molecule has 2 heterocycles. The molecule has 0 spiro atoms. The second-order valence-corrected chi connectivity index (χ2v) is 7.90. The van der Waals surface area contributed by atoms with Gasteiger partial charge >= 0.3 is 17.9 Å². The topological polar surface area (TPSA) is 195 Å². The van der Waals surface area contributed by atoms with Gasteiger partial charge in [0, 0.05) is 33.7 Å². The summed E-state index contributed by atoms with van der Waals surface area (Å²) < 4.78 is 1.28. The number of hydrogen-bond acceptors (Lipinski definition) is 9. The van der Waals surface area contributed by atoms with E-state index in [0.29, 0.717) is 0 Å². The monoisotopic (exact) mass is 475 g/mol. The van der Waals surface area contributed by atoms with Gasteiger partial charge in [-0.2, -0.15) is 0 Å². The van der Waals surface area contributed by atoms with E-state index in [1.54, 1.807) is 0 Å². The lowest BCUT2D eigenvalue weighted by Crippen LogP contribution is -2.49. The molecule has 1 amide bonds. The lowest BCUT2D eigenvalue weighted by Gasteiger charge is -2.26. The van der Waals surface area contributed by atoms with Crippen molar-refractivity contribution in [2.24, 2.45) is 0 Å². The molecular weight excluding hydrogens is 450 g/mol. The normalized spacial score (nSPS) is 19.6. The van der Waals surface area contributed by atoms with Gasteiger partial charge in [-0.1, -0.05) is 5.21 Å². The Morgan fingerprint density at radius 3 is 2.47 bits per heavy atom. The van der Waals surface area contributed by atoms with Crippen molar-refractivity contribution in [3.8, 4) is 0 Å². The molecule has 1 aliphatic rings. The minimum Gasteiger partial charge on any atom is -0.481 e. The van der Waals surface area contributed by atoms with Crippen LogP contribution in [0.5, 0.6) is 0 Å². The third kappa shape index (κ3) is 6.41. The molecule has 181 valence electrons. The number of ketones is 1. The van der Waals surface area contributed by atoms with Gasteiger partial charge in [-0.3, -0.25) is 19.2 Å². The molecule has 1 aromatic rings. The van der Waals surface area contributed by atoms with Crippen LogP contribution in [-0.4, -0.2) is 117 Å². The Morgan fingerprint density at radius 1 is 1.29 bits per heavy atom. The highest BCUT2D eigenvalue weighted by molar-refractivity contribution is 6.87. The number of carboxylic acids is 3. The number of aromatic nitrogens is 3.